The van der Waals surface area contributed by atoms with Gasteiger partial charge in [-0.05, 0) is 23.4 Å². The fourth-order valence-corrected chi connectivity index (χ4v) is 3.24. The van der Waals surface area contributed by atoms with Crippen LogP contribution < -0.4 is 0 Å². The summed E-state index contributed by atoms with van der Waals surface area (Å²) in [6.45, 7) is 3.76. The van der Waals surface area contributed by atoms with Gasteiger partial charge in [-0.3, -0.25) is 10.8 Å². The van der Waals surface area contributed by atoms with Crippen molar-refractivity contribution in [1.29, 1.82) is 10.8 Å². The molecule has 3 heteroatoms. The van der Waals surface area contributed by atoms with Crippen LogP contribution in [0.5, 0.6) is 0 Å². The summed E-state index contributed by atoms with van der Waals surface area (Å²) in [4.78, 5) is 0.906. The molecule has 18 heavy (non-hydrogen) atoms. The first-order chi connectivity index (χ1) is 8.74. The molecule has 0 saturated heterocycles. The van der Waals surface area contributed by atoms with E-state index in [9.17, 15) is 0 Å². The summed E-state index contributed by atoms with van der Waals surface area (Å²) in [6.07, 6.45) is 2.58. The average Bonchev–Trinajstić information content (AvgIpc) is 2.86. The first kappa shape index (κ1) is 11.1. The van der Waals surface area contributed by atoms with Gasteiger partial charge in [0.05, 0.1) is 16.3 Å². The maximum Gasteiger partial charge on any atom is 0.0800 e. The first-order valence-electron chi connectivity index (χ1n) is 5.73. The Morgan fingerprint density at radius 3 is 2.72 bits per heavy atom. The molecule has 0 atom stereocenters. The van der Waals surface area contributed by atoms with E-state index in [-0.39, 0.29) is 0 Å². The van der Waals surface area contributed by atoms with Gasteiger partial charge in [-0.15, -0.1) is 17.9 Å². The largest absolute Gasteiger partial charge is 0.300 e. The highest BCUT2D eigenvalue weighted by Gasteiger charge is 2.27. The van der Waals surface area contributed by atoms with Crippen molar-refractivity contribution in [2.45, 2.75) is 6.42 Å². The average molecular weight is 252 g/mol. The smallest absolute Gasteiger partial charge is 0.0800 e. The van der Waals surface area contributed by atoms with Gasteiger partial charge in [0, 0.05) is 16.7 Å². The van der Waals surface area contributed by atoms with Crippen LogP contribution in [-0.2, 0) is 6.42 Å². The highest BCUT2D eigenvalue weighted by molar-refractivity contribution is 7.13. The van der Waals surface area contributed by atoms with Crippen molar-refractivity contribution < 1.29 is 0 Å². The van der Waals surface area contributed by atoms with Crippen LogP contribution >= 0.6 is 11.3 Å². The number of hydrogen-bond acceptors (Lipinski definition) is 3. The molecule has 1 heterocycles. The second-order valence-corrected chi connectivity index (χ2v) is 5.16. The van der Waals surface area contributed by atoms with Crippen LogP contribution in [0, 0.1) is 10.8 Å². The Morgan fingerprint density at radius 2 is 1.94 bits per heavy atom. The minimum atomic E-state index is 0.531. The number of hydrogen-bond donors (Lipinski definition) is 2. The SMILES string of the molecule is C=CCc1cccc2c1C(=N)c1sccc1C2=N. The first-order valence-corrected chi connectivity index (χ1v) is 6.61. The molecule has 2 nitrogen and oxygen atoms in total. The van der Waals surface area contributed by atoms with Crippen molar-refractivity contribution in [1.82, 2.24) is 0 Å². The minimum Gasteiger partial charge on any atom is -0.300 e. The molecular weight excluding hydrogens is 240 g/mol. The fourth-order valence-electron chi connectivity index (χ4n) is 2.39. The lowest BCUT2D eigenvalue weighted by Gasteiger charge is -2.21. The zero-order chi connectivity index (χ0) is 12.7. The standard InChI is InChI=1S/C15H12N2S/c1-2-4-9-5-3-6-10-12(9)14(17)15-11(13(10)16)7-8-18-15/h2-3,5-8,16-17H,1,4H2. The summed E-state index contributed by atoms with van der Waals surface area (Å²) in [5, 5.41) is 18.6. The molecule has 2 aromatic rings. The predicted molar refractivity (Wildman–Crippen MR) is 76.5 cm³/mol. The Bertz CT molecular complexity index is 680. The lowest BCUT2D eigenvalue weighted by atomic mass is 9.84. The molecule has 0 aliphatic heterocycles. The molecule has 1 aromatic carbocycles. The van der Waals surface area contributed by atoms with Crippen LogP contribution in [-0.4, -0.2) is 11.4 Å². The van der Waals surface area contributed by atoms with Crippen LogP contribution in [0.15, 0.2) is 42.3 Å². The van der Waals surface area contributed by atoms with E-state index in [0.717, 1.165) is 33.6 Å². The van der Waals surface area contributed by atoms with E-state index in [0.29, 0.717) is 11.4 Å². The maximum absolute atomic E-state index is 8.36. The van der Waals surface area contributed by atoms with Crippen molar-refractivity contribution in [3.05, 3.63) is 69.4 Å². The third-order valence-electron chi connectivity index (χ3n) is 3.20. The van der Waals surface area contributed by atoms with Gasteiger partial charge >= 0.3 is 0 Å². The molecule has 0 unspecified atom stereocenters. The van der Waals surface area contributed by atoms with Crippen molar-refractivity contribution in [2.75, 3.05) is 0 Å². The normalized spacial score (nSPS) is 13.1. The van der Waals surface area contributed by atoms with Gasteiger partial charge in [-0.25, -0.2) is 0 Å². The Hall–Kier alpha value is -2.00. The van der Waals surface area contributed by atoms with Crippen LogP contribution in [0.2, 0.25) is 0 Å². The number of benzene rings is 1. The Balaban J connectivity index is 2.29. The predicted octanol–water partition coefficient (Wildman–Crippen LogP) is 3.62. The third kappa shape index (κ3) is 1.41. The van der Waals surface area contributed by atoms with E-state index < -0.39 is 0 Å². The van der Waals surface area contributed by atoms with Gasteiger partial charge < -0.3 is 0 Å². The van der Waals surface area contributed by atoms with Crippen molar-refractivity contribution in [3.8, 4) is 0 Å². The highest BCUT2D eigenvalue weighted by Crippen LogP contribution is 2.32. The van der Waals surface area contributed by atoms with Gasteiger partial charge in [0.15, 0.2) is 0 Å². The number of rotatable bonds is 2. The molecule has 1 aliphatic rings. The van der Waals surface area contributed by atoms with E-state index in [1.807, 2.05) is 35.7 Å². The highest BCUT2D eigenvalue weighted by atomic mass is 32.1. The molecule has 0 fully saturated rings. The van der Waals surface area contributed by atoms with Crippen LogP contribution in [0.25, 0.3) is 0 Å². The van der Waals surface area contributed by atoms with Gasteiger partial charge in [0.25, 0.3) is 0 Å². The number of fused-ring (bicyclic) bond motifs is 2. The van der Waals surface area contributed by atoms with E-state index in [1.54, 1.807) is 0 Å². The fraction of sp³-hybridized carbons (Fsp3) is 0.0667. The van der Waals surface area contributed by atoms with Crippen molar-refractivity contribution >= 4 is 22.8 Å². The second-order valence-electron chi connectivity index (χ2n) is 4.25. The molecular formula is C15H12N2S. The summed E-state index contributed by atoms with van der Waals surface area (Å²) in [6, 6.07) is 7.83. The van der Waals surface area contributed by atoms with E-state index >= 15 is 0 Å². The van der Waals surface area contributed by atoms with Crippen molar-refractivity contribution in [2.24, 2.45) is 0 Å². The van der Waals surface area contributed by atoms with E-state index in [1.165, 1.54) is 11.3 Å². The second kappa shape index (κ2) is 4.03. The van der Waals surface area contributed by atoms with Crippen LogP contribution in [0.4, 0.5) is 0 Å². The Morgan fingerprint density at radius 1 is 1.11 bits per heavy atom. The quantitative estimate of drug-likeness (QED) is 0.654. The topological polar surface area (TPSA) is 47.7 Å². The monoisotopic (exact) mass is 252 g/mol. The molecule has 1 aromatic heterocycles. The van der Waals surface area contributed by atoms with Gasteiger partial charge in [-0.2, -0.15) is 0 Å². The minimum absolute atomic E-state index is 0.531. The van der Waals surface area contributed by atoms with Gasteiger partial charge in [-0.1, -0.05) is 24.3 Å². The van der Waals surface area contributed by atoms with Crippen molar-refractivity contribution in [3.63, 3.8) is 0 Å². The van der Waals surface area contributed by atoms with Crippen LogP contribution in [0.3, 0.4) is 0 Å². The summed E-state index contributed by atoms with van der Waals surface area (Å²) in [5.74, 6) is 0. The zero-order valence-electron chi connectivity index (χ0n) is 9.79. The van der Waals surface area contributed by atoms with Gasteiger partial charge in [0.1, 0.15) is 0 Å². The number of thiophene rings is 1. The lowest BCUT2D eigenvalue weighted by Crippen LogP contribution is -2.20. The molecule has 3 rings (SSSR count). The molecule has 0 spiro atoms. The van der Waals surface area contributed by atoms with E-state index in [4.69, 9.17) is 10.8 Å². The van der Waals surface area contributed by atoms with Gasteiger partial charge in [0.2, 0.25) is 0 Å². The summed E-state index contributed by atoms with van der Waals surface area (Å²) in [5.41, 5.74) is 4.80. The maximum atomic E-state index is 8.36. The molecule has 0 radical (unpaired) electrons. The molecule has 0 amide bonds. The third-order valence-corrected chi connectivity index (χ3v) is 4.13. The number of allylic oxidation sites excluding steroid dienone is 1. The molecule has 1 aliphatic carbocycles. The Kier molecular flexibility index (Phi) is 2.49. The summed E-state index contributed by atoms with van der Waals surface area (Å²) >= 11 is 1.54. The lowest BCUT2D eigenvalue weighted by molar-refractivity contribution is 1.24. The zero-order valence-corrected chi connectivity index (χ0v) is 10.6. The van der Waals surface area contributed by atoms with E-state index in [2.05, 4.69) is 6.58 Å². The Labute approximate surface area is 110 Å². The molecule has 0 saturated carbocycles. The molecule has 2 N–H and O–H groups in total. The number of nitrogens with one attached hydrogen (secondary N) is 2. The molecule has 0 bridgehead atoms. The summed E-state index contributed by atoms with van der Waals surface area (Å²) < 4.78 is 0. The summed E-state index contributed by atoms with van der Waals surface area (Å²) in [7, 11) is 0. The van der Waals surface area contributed by atoms with Crippen LogP contribution in [0.1, 0.15) is 27.1 Å². The molecule has 88 valence electrons.